The fourth-order valence-electron chi connectivity index (χ4n) is 2.82. The summed E-state index contributed by atoms with van der Waals surface area (Å²) in [5.74, 6) is 0.685. The SMILES string of the molecule is COc1ccc([C@@H]2Nc3ccccc3C[C@@H]2SC(F)(F)F)cc1. The van der Waals surface area contributed by atoms with E-state index in [-0.39, 0.29) is 11.8 Å². The van der Waals surface area contributed by atoms with Gasteiger partial charge in [-0.05, 0) is 47.5 Å². The van der Waals surface area contributed by atoms with Crippen molar-refractivity contribution >= 4 is 17.4 Å². The van der Waals surface area contributed by atoms with Crippen LogP contribution in [0.1, 0.15) is 17.2 Å². The van der Waals surface area contributed by atoms with Crippen molar-refractivity contribution in [3.8, 4) is 5.75 Å². The molecular formula is C17H16F3NOS. The first-order valence-corrected chi connectivity index (χ1v) is 8.07. The Labute approximate surface area is 137 Å². The van der Waals surface area contributed by atoms with Gasteiger partial charge in [-0.15, -0.1) is 0 Å². The van der Waals surface area contributed by atoms with Gasteiger partial charge in [-0.3, -0.25) is 0 Å². The predicted octanol–water partition coefficient (Wildman–Crippen LogP) is 5.03. The molecule has 122 valence electrons. The molecule has 2 aromatic carbocycles. The van der Waals surface area contributed by atoms with Crippen molar-refractivity contribution in [2.24, 2.45) is 0 Å². The molecule has 2 nitrogen and oxygen atoms in total. The quantitative estimate of drug-likeness (QED) is 0.848. The Morgan fingerprint density at radius 1 is 1.09 bits per heavy atom. The summed E-state index contributed by atoms with van der Waals surface area (Å²) in [5, 5.41) is 2.65. The number of para-hydroxylation sites is 1. The molecule has 0 bridgehead atoms. The number of anilines is 1. The van der Waals surface area contributed by atoms with Gasteiger partial charge >= 0.3 is 5.51 Å². The minimum Gasteiger partial charge on any atom is -0.497 e. The second kappa shape index (κ2) is 6.35. The van der Waals surface area contributed by atoms with Crippen molar-refractivity contribution in [3.05, 3.63) is 59.7 Å². The van der Waals surface area contributed by atoms with E-state index in [2.05, 4.69) is 5.32 Å². The van der Waals surface area contributed by atoms with Crippen LogP contribution in [-0.2, 0) is 6.42 Å². The first kappa shape index (κ1) is 16.1. The van der Waals surface area contributed by atoms with Crippen LogP contribution in [0.2, 0.25) is 0 Å². The standard InChI is InChI=1S/C17H16F3NOS/c1-22-13-8-6-11(7-9-13)16-15(23-17(18,19)20)10-12-4-2-3-5-14(12)21-16/h2-9,15-16,21H,10H2,1H3/t15-,16-/m0/s1. The van der Waals surface area contributed by atoms with Crippen LogP contribution in [0.5, 0.6) is 5.75 Å². The average molecular weight is 339 g/mol. The molecule has 0 aromatic heterocycles. The molecule has 0 aliphatic carbocycles. The first-order valence-electron chi connectivity index (χ1n) is 7.19. The highest BCUT2D eigenvalue weighted by molar-refractivity contribution is 8.00. The fraction of sp³-hybridized carbons (Fsp3) is 0.294. The molecule has 0 unspecified atom stereocenters. The van der Waals surface area contributed by atoms with E-state index in [1.165, 1.54) is 0 Å². The number of methoxy groups -OCH3 is 1. The highest BCUT2D eigenvalue weighted by Gasteiger charge is 2.39. The number of hydrogen-bond acceptors (Lipinski definition) is 3. The Bertz CT molecular complexity index is 672. The van der Waals surface area contributed by atoms with Crippen LogP contribution in [0.25, 0.3) is 0 Å². The predicted molar refractivity (Wildman–Crippen MR) is 86.9 cm³/mol. The van der Waals surface area contributed by atoms with Crippen LogP contribution in [-0.4, -0.2) is 17.9 Å². The summed E-state index contributed by atoms with van der Waals surface area (Å²) in [6.07, 6.45) is 0.379. The molecule has 0 saturated heterocycles. The van der Waals surface area contributed by atoms with E-state index in [0.717, 1.165) is 16.8 Å². The van der Waals surface area contributed by atoms with Crippen LogP contribution in [0.15, 0.2) is 48.5 Å². The summed E-state index contributed by atoms with van der Waals surface area (Å²) in [6, 6.07) is 14.3. The van der Waals surface area contributed by atoms with Gasteiger partial charge in [-0.1, -0.05) is 30.3 Å². The Morgan fingerprint density at radius 2 is 1.78 bits per heavy atom. The zero-order valence-electron chi connectivity index (χ0n) is 12.4. The van der Waals surface area contributed by atoms with Gasteiger partial charge in [-0.25, -0.2) is 0 Å². The first-order chi connectivity index (χ1) is 11.0. The van der Waals surface area contributed by atoms with Crippen LogP contribution >= 0.6 is 11.8 Å². The fourth-order valence-corrected chi connectivity index (χ4v) is 3.79. The number of benzene rings is 2. The van der Waals surface area contributed by atoms with Crippen LogP contribution < -0.4 is 10.1 Å². The molecular weight excluding hydrogens is 323 g/mol. The van der Waals surface area contributed by atoms with Crippen molar-refractivity contribution in [2.75, 3.05) is 12.4 Å². The lowest BCUT2D eigenvalue weighted by molar-refractivity contribution is -0.0335. The minimum atomic E-state index is -4.26. The summed E-state index contributed by atoms with van der Waals surface area (Å²) in [5.41, 5.74) is -1.63. The molecule has 0 amide bonds. The van der Waals surface area contributed by atoms with E-state index in [0.29, 0.717) is 12.2 Å². The molecule has 2 aromatic rings. The normalized spacial score (nSPS) is 20.5. The maximum absolute atomic E-state index is 12.9. The molecule has 1 aliphatic rings. The second-order valence-corrected chi connectivity index (χ2v) is 6.66. The monoisotopic (exact) mass is 339 g/mol. The van der Waals surface area contributed by atoms with Crippen LogP contribution in [0.4, 0.5) is 18.9 Å². The second-order valence-electron chi connectivity index (χ2n) is 5.36. The topological polar surface area (TPSA) is 21.3 Å². The van der Waals surface area contributed by atoms with E-state index < -0.39 is 16.8 Å². The van der Waals surface area contributed by atoms with Crippen molar-refractivity contribution in [1.29, 1.82) is 0 Å². The van der Waals surface area contributed by atoms with Gasteiger partial charge < -0.3 is 10.1 Å². The highest BCUT2D eigenvalue weighted by Crippen LogP contribution is 2.45. The van der Waals surface area contributed by atoms with Crippen molar-refractivity contribution < 1.29 is 17.9 Å². The van der Waals surface area contributed by atoms with E-state index in [1.54, 1.807) is 19.2 Å². The largest absolute Gasteiger partial charge is 0.497 e. The van der Waals surface area contributed by atoms with Gasteiger partial charge in [0.2, 0.25) is 0 Å². The highest BCUT2D eigenvalue weighted by atomic mass is 32.2. The summed E-state index contributed by atoms with van der Waals surface area (Å²) in [4.78, 5) is 0. The summed E-state index contributed by atoms with van der Waals surface area (Å²) in [7, 11) is 1.56. The number of thioether (sulfide) groups is 1. The van der Waals surface area contributed by atoms with E-state index in [1.807, 2.05) is 36.4 Å². The van der Waals surface area contributed by atoms with E-state index in [4.69, 9.17) is 4.74 Å². The Hall–Kier alpha value is -1.82. The molecule has 1 heterocycles. The number of alkyl halides is 3. The third-order valence-corrected chi connectivity index (χ3v) is 4.89. The van der Waals surface area contributed by atoms with E-state index in [9.17, 15) is 13.2 Å². The minimum absolute atomic E-state index is 0.0604. The average Bonchev–Trinajstić information content (AvgIpc) is 2.53. The number of ether oxygens (including phenoxy) is 1. The van der Waals surface area contributed by atoms with Gasteiger partial charge in [0.25, 0.3) is 0 Å². The van der Waals surface area contributed by atoms with Gasteiger partial charge in [0.1, 0.15) is 5.75 Å². The summed E-state index contributed by atoms with van der Waals surface area (Å²) >= 11 is 0.0604. The lowest BCUT2D eigenvalue weighted by atomic mass is 9.93. The van der Waals surface area contributed by atoms with Crippen LogP contribution in [0.3, 0.4) is 0 Å². The summed E-state index contributed by atoms with van der Waals surface area (Å²) in [6.45, 7) is 0. The van der Waals surface area contributed by atoms with E-state index >= 15 is 0 Å². The Kier molecular flexibility index (Phi) is 4.43. The molecule has 1 aliphatic heterocycles. The maximum Gasteiger partial charge on any atom is 0.442 e. The number of rotatable bonds is 3. The third-order valence-electron chi connectivity index (χ3n) is 3.88. The lowest BCUT2D eigenvalue weighted by Crippen LogP contribution is -2.32. The Balaban J connectivity index is 1.93. The molecule has 2 atom stereocenters. The van der Waals surface area contributed by atoms with Crippen LogP contribution in [0, 0.1) is 0 Å². The zero-order chi connectivity index (χ0) is 16.4. The van der Waals surface area contributed by atoms with Crippen molar-refractivity contribution in [3.63, 3.8) is 0 Å². The van der Waals surface area contributed by atoms with Gasteiger partial charge in [0.15, 0.2) is 0 Å². The van der Waals surface area contributed by atoms with Gasteiger partial charge in [0.05, 0.1) is 13.2 Å². The molecule has 1 N–H and O–H groups in total. The van der Waals surface area contributed by atoms with Gasteiger partial charge in [0, 0.05) is 10.9 Å². The smallest absolute Gasteiger partial charge is 0.442 e. The third kappa shape index (κ3) is 3.75. The molecule has 3 rings (SSSR count). The molecule has 0 spiro atoms. The molecule has 0 fully saturated rings. The maximum atomic E-state index is 12.9. The van der Waals surface area contributed by atoms with Crippen molar-refractivity contribution in [2.45, 2.75) is 23.2 Å². The molecule has 0 saturated carbocycles. The van der Waals surface area contributed by atoms with Gasteiger partial charge in [-0.2, -0.15) is 13.2 Å². The number of halogens is 3. The summed E-state index contributed by atoms with van der Waals surface area (Å²) < 4.78 is 43.9. The number of fused-ring (bicyclic) bond motifs is 1. The molecule has 0 radical (unpaired) electrons. The zero-order valence-corrected chi connectivity index (χ0v) is 13.2. The lowest BCUT2D eigenvalue weighted by Gasteiger charge is -2.35. The van der Waals surface area contributed by atoms with Crippen molar-refractivity contribution in [1.82, 2.24) is 0 Å². The Morgan fingerprint density at radius 3 is 2.43 bits per heavy atom. The molecule has 6 heteroatoms. The number of nitrogens with one attached hydrogen (secondary N) is 1. The number of hydrogen-bond donors (Lipinski definition) is 1. The molecule has 23 heavy (non-hydrogen) atoms.